The number of anilines is 1. The Bertz CT molecular complexity index is 1520. The van der Waals surface area contributed by atoms with E-state index in [4.69, 9.17) is 5.11 Å². The highest BCUT2D eigenvalue weighted by Gasteiger charge is 2.42. The van der Waals surface area contributed by atoms with Gasteiger partial charge in [-0.3, -0.25) is 14.4 Å². The van der Waals surface area contributed by atoms with Crippen LogP contribution in [0.1, 0.15) is 46.6 Å². The zero-order chi connectivity index (χ0) is 30.0. The SMILES string of the molecule is Cc1nc(-c2ccccc2)sc1C(=O)N1CCC(F)(F)C(=CC(=O)N2CCC(C(O)CC(=O)O)CC2)c2ccccc21. The topological polar surface area (TPSA) is 111 Å². The number of alkyl halides is 2. The van der Waals surface area contributed by atoms with Crippen molar-refractivity contribution < 1.29 is 33.4 Å². The number of carboxylic acid groups (broad SMARTS) is 1. The number of amides is 2. The summed E-state index contributed by atoms with van der Waals surface area (Å²) in [5, 5.41) is 19.7. The molecule has 0 bridgehead atoms. The molecule has 1 fully saturated rings. The fourth-order valence-electron chi connectivity index (χ4n) is 5.52. The van der Waals surface area contributed by atoms with Gasteiger partial charge < -0.3 is 20.0 Å². The van der Waals surface area contributed by atoms with Gasteiger partial charge >= 0.3 is 5.97 Å². The molecule has 0 saturated carbocycles. The number of carbonyl (C=O) groups is 3. The van der Waals surface area contributed by atoms with Gasteiger partial charge in [0.15, 0.2) is 0 Å². The number of fused-ring (bicyclic) bond motifs is 1. The highest BCUT2D eigenvalue weighted by atomic mass is 32.1. The van der Waals surface area contributed by atoms with E-state index in [0.29, 0.717) is 34.1 Å². The van der Waals surface area contributed by atoms with E-state index in [0.717, 1.165) is 11.6 Å². The molecule has 2 N–H and O–H groups in total. The first-order valence-electron chi connectivity index (χ1n) is 13.8. The van der Waals surface area contributed by atoms with Crippen LogP contribution < -0.4 is 4.90 Å². The Labute approximate surface area is 245 Å². The van der Waals surface area contributed by atoms with E-state index < -0.39 is 41.8 Å². The number of allylic oxidation sites excluding steroid dienone is 1. The number of piperidine rings is 1. The number of nitrogens with zero attached hydrogens (tertiary/aromatic N) is 3. The molecule has 42 heavy (non-hydrogen) atoms. The lowest BCUT2D eigenvalue weighted by atomic mass is 9.89. The van der Waals surface area contributed by atoms with Crippen LogP contribution in [0, 0.1) is 12.8 Å². The Balaban J connectivity index is 1.41. The summed E-state index contributed by atoms with van der Waals surface area (Å²) in [4.78, 5) is 45.7. The smallest absolute Gasteiger partial charge is 0.305 e. The zero-order valence-electron chi connectivity index (χ0n) is 23.0. The van der Waals surface area contributed by atoms with Gasteiger partial charge in [-0.1, -0.05) is 48.5 Å². The number of hydrogen-bond donors (Lipinski definition) is 2. The minimum atomic E-state index is -3.38. The largest absolute Gasteiger partial charge is 0.481 e. The van der Waals surface area contributed by atoms with Gasteiger partial charge in [0, 0.05) is 48.8 Å². The molecule has 0 aliphatic carbocycles. The van der Waals surface area contributed by atoms with Gasteiger partial charge in [0.2, 0.25) is 5.91 Å². The number of rotatable bonds is 6. The number of carboxylic acids is 1. The van der Waals surface area contributed by atoms with Gasteiger partial charge in [0.05, 0.1) is 23.9 Å². The van der Waals surface area contributed by atoms with Crippen LogP contribution >= 0.6 is 11.3 Å². The van der Waals surface area contributed by atoms with Crippen molar-refractivity contribution in [3.8, 4) is 10.6 Å². The molecule has 2 aliphatic rings. The summed E-state index contributed by atoms with van der Waals surface area (Å²) in [5.74, 6) is -5.78. The standard InChI is InChI=1S/C31H31F2N3O5S/c1-19-28(42-29(34-19)21-7-3-2-4-8-21)30(41)36-16-13-31(32,33)23(22-9-5-6-10-24(22)36)17-26(38)35-14-11-20(12-15-35)25(37)18-27(39)40/h2-10,17,20,25,37H,11-16,18H2,1H3,(H,39,40). The normalized spacial score (nSPS) is 18.8. The first-order valence-corrected chi connectivity index (χ1v) is 14.6. The molecule has 1 saturated heterocycles. The number of aliphatic carboxylic acids is 1. The van der Waals surface area contributed by atoms with Gasteiger partial charge in [-0.05, 0) is 31.7 Å². The highest BCUT2D eigenvalue weighted by Crippen LogP contribution is 2.44. The molecule has 2 amide bonds. The lowest BCUT2D eigenvalue weighted by molar-refractivity contribution is -0.141. The number of likely N-dealkylation sites (tertiary alicyclic amines) is 1. The van der Waals surface area contributed by atoms with Crippen molar-refractivity contribution in [3.05, 3.63) is 76.8 Å². The third-order valence-electron chi connectivity index (χ3n) is 7.83. The summed E-state index contributed by atoms with van der Waals surface area (Å²) in [5.41, 5.74) is 1.33. The molecule has 0 radical (unpaired) electrons. The molecular weight excluding hydrogens is 564 g/mol. The number of halogens is 2. The van der Waals surface area contributed by atoms with Crippen LogP contribution in [-0.2, 0) is 9.59 Å². The molecule has 3 aromatic rings. The first kappa shape index (κ1) is 29.5. The number of carbonyl (C=O) groups excluding carboxylic acids is 2. The second-order valence-electron chi connectivity index (χ2n) is 10.6. The zero-order valence-corrected chi connectivity index (χ0v) is 23.8. The first-order chi connectivity index (χ1) is 20.0. The van der Waals surface area contributed by atoms with Crippen molar-refractivity contribution in [2.24, 2.45) is 5.92 Å². The van der Waals surface area contributed by atoms with E-state index >= 15 is 8.78 Å². The molecule has 11 heteroatoms. The van der Waals surface area contributed by atoms with Crippen LogP contribution in [0.5, 0.6) is 0 Å². The van der Waals surface area contributed by atoms with E-state index in [2.05, 4.69) is 4.98 Å². The molecule has 3 heterocycles. The minimum Gasteiger partial charge on any atom is -0.481 e. The van der Waals surface area contributed by atoms with E-state index in [1.54, 1.807) is 25.1 Å². The third kappa shape index (κ3) is 6.12. The van der Waals surface area contributed by atoms with E-state index in [1.807, 2.05) is 30.3 Å². The maximum absolute atomic E-state index is 15.7. The summed E-state index contributed by atoms with van der Waals surface area (Å²) >= 11 is 1.22. The fraction of sp³-hybridized carbons (Fsp3) is 0.355. The van der Waals surface area contributed by atoms with Crippen molar-refractivity contribution in [1.29, 1.82) is 0 Å². The van der Waals surface area contributed by atoms with E-state index in [9.17, 15) is 19.5 Å². The summed E-state index contributed by atoms with van der Waals surface area (Å²) in [6.45, 7) is 1.91. The van der Waals surface area contributed by atoms with Crippen LogP contribution in [-0.4, -0.2) is 69.5 Å². The molecule has 2 aliphatic heterocycles. The fourth-order valence-corrected chi connectivity index (χ4v) is 6.54. The quantitative estimate of drug-likeness (QED) is 0.376. The maximum atomic E-state index is 15.7. The number of aliphatic hydroxyl groups is 1. The number of aromatic nitrogens is 1. The second kappa shape index (κ2) is 12.1. The number of aliphatic hydroxyl groups excluding tert-OH is 1. The molecule has 2 aromatic carbocycles. The minimum absolute atomic E-state index is 0.110. The van der Waals surface area contributed by atoms with Crippen molar-refractivity contribution in [2.45, 2.75) is 44.6 Å². The van der Waals surface area contributed by atoms with Crippen LogP contribution in [0.3, 0.4) is 0 Å². The number of thiazole rings is 1. The Morgan fingerprint density at radius 3 is 2.43 bits per heavy atom. The predicted molar refractivity (Wildman–Crippen MR) is 156 cm³/mol. The van der Waals surface area contributed by atoms with Gasteiger partial charge in [-0.25, -0.2) is 13.8 Å². The van der Waals surface area contributed by atoms with Gasteiger partial charge in [0.25, 0.3) is 11.8 Å². The molecule has 0 spiro atoms. The molecule has 8 nitrogen and oxygen atoms in total. The van der Waals surface area contributed by atoms with Crippen molar-refractivity contribution >= 4 is 40.4 Å². The Hall–Kier alpha value is -3.96. The van der Waals surface area contributed by atoms with Crippen molar-refractivity contribution in [1.82, 2.24) is 9.88 Å². The maximum Gasteiger partial charge on any atom is 0.305 e. The third-order valence-corrected chi connectivity index (χ3v) is 9.03. The summed E-state index contributed by atoms with van der Waals surface area (Å²) < 4.78 is 31.4. The lowest BCUT2D eigenvalue weighted by Gasteiger charge is -2.33. The van der Waals surface area contributed by atoms with Crippen LogP contribution in [0.2, 0.25) is 0 Å². The second-order valence-corrected chi connectivity index (χ2v) is 11.6. The number of aryl methyl sites for hydroxylation is 1. The monoisotopic (exact) mass is 595 g/mol. The van der Waals surface area contributed by atoms with Crippen LogP contribution in [0.15, 0.2) is 60.7 Å². The Morgan fingerprint density at radius 2 is 1.74 bits per heavy atom. The van der Waals surface area contributed by atoms with Crippen LogP contribution in [0.25, 0.3) is 16.1 Å². The summed E-state index contributed by atoms with van der Waals surface area (Å²) in [6, 6.07) is 15.8. The predicted octanol–water partition coefficient (Wildman–Crippen LogP) is 5.26. The van der Waals surface area contributed by atoms with Gasteiger partial charge in [-0.2, -0.15) is 0 Å². The Morgan fingerprint density at radius 1 is 1.07 bits per heavy atom. The average molecular weight is 596 g/mol. The van der Waals surface area contributed by atoms with Crippen LogP contribution in [0.4, 0.5) is 14.5 Å². The lowest BCUT2D eigenvalue weighted by Crippen LogP contribution is -2.41. The number of hydrogen-bond acceptors (Lipinski definition) is 6. The average Bonchev–Trinajstić information content (AvgIpc) is 3.33. The van der Waals surface area contributed by atoms with Crippen molar-refractivity contribution in [2.75, 3.05) is 24.5 Å². The van der Waals surface area contributed by atoms with E-state index in [1.165, 1.54) is 27.2 Å². The number of para-hydroxylation sites is 1. The molecule has 1 unspecified atom stereocenters. The van der Waals surface area contributed by atoms with E-state index in [-0.39, 0.29) is 37.5 Å². The molecule has 220 valence electrons. The highest BCUT2D eigenvalue weighted by molar-refractivity contribution is 7.17. The molecule has 1 aromatic heterocycles. The van der Waals surface area contributed by atoms with Gasteiger partial charge in [0.1, 0.15) is 9.88 Å². The van der Waals surface area contributed by atoms with Crippen molar-refractivity contribution in [3.63, 3.8) is 0 Å². The molecular formula is C31H31F2N3O5S. The molecule has 5 rings (SSSR count). The number of benzene rings is 2. The van der Waals surface area contributed by atoms with Gasteiger partial charge in [-0.15, -0.1) is 11.3 Å². The Kier molecular flexibility index (Phi) is 8.51. The summed E-state index contributed by atoms with van der Waals surface area (Å²) in [6.07, 6.45) is -0.359. The summed E-state index contributed by atoms with van der Waals surface area (Å²) in [7, 11) is 0. The molecule has 1 atom stereocenters.